The molecule has 1 aromatic rings. The van der Waals surface area contributed by atoms with Crippen molar-refractivity contribution in [3.8, 4) is 6.07 Å². The molecule has 4 nitrogen and oxygen atoms in total. The number of nitrogens with zero attached hydrogens (tertiary/aromatic N) is 2. The minimum Gasteiger partial charge on any atom is -0.382 e. The van der Waals surface area contributed by atoms with Gasteiger partial charge < -0.3 is 10.2 Å². The van der Waals surface area contributed by atoms with Gasteiger partial charge in [0.05, 0.1) is 10.6 Å². The predicted molar refractivity (Wildman–Crippen MR) is 93.5 cm³/mol. The zero-order chi connectivity index (χ0) is 16.8. The summed E-state index contributed by atoms with van der Waals surface area (Å²) in [6.45, 7) is 5.76. The molecule has 5 heteroatoms. The Kier molecular flexibility index (Phi) is 6.29. The van der Waals surface area contributed by atoms with Gasteiger partial charge in [0.15, 0.2) is 0 Å². The number of carbonyl (C=O) groups is 1. The highest BCUT2D eigenvalue weighted by atomic mass is 35.5. The summed E-state index contributed by atoms with van der Waals surface area (Å²) in [7, 11) is 0. The van der Waals surface area contributed by atoms with Crippen molar-refractivity contribution in [1.29, 1.82) is 5.26 Å². The number of hydrogen-bond acceptors (Lipinski definition) is 3. The fourth-order valence-electron chi connectivity index (χ4n) is 3.07. The number of amides is 1. The lowest BCUT2D eigenvalue weighted by Gasteiger charge is -2.34. The highest BCUT2D eigenvalue weighted by Gasteiger charge is 2.26. The largest absolute Gasteiger partial charge is 0.382 e. The maximum absolute atomic E-state index is 12.4. The maximum Gasteiger partial charge on any atom is 0.225 e. The van der Waals surface area contributed by atoms with Gasteiger partial charge in [0.2, 0.25) is 5.91 Å². The molecule has 1 aliphatic heterocycles. The van der Waals surface area contributed by atoms with Gasteiger partial charge in [-0.25, -0.2) is 0 Å². The molecule has 0 bridgehead atoms. The van der Waals surface area contributed by atoms with E-state index in [-0.39, 0.29) is 5.92 Å². The first-order chi connectivity index (χ1) is 11.1. The van der Waals surface area contributed by atoms with Gasteiger partial charge in [-0.05, 0) is 43.9 Å². The zero-order valence-electron chi connectivity index (χ0n) is 13.8. The van der Waals surface area contributed by atoms with Crippen LogP contribution in [0.1, 0.15) is 45.1 Å². The van der Waals surface area contributed by atoms with Gasteiger partial charge in [0.1, 0.15) is 6.07 Å². The number of anilines is 1. The quantitative estimate of drug-likeness (QED) is 0.884. The van der Waals surface area contributed by atoms with E-state index in [1.807, 2.05) is 11.0 Å². The molecule has 1 aromatic carbocycles. The van der Waals surface area contributed by atoms with Crippen molar-refractivity contribution in [1.82, 2.24) is 4.90 Å². The van der Waals surface area contributed by atoms with Gasteiger partial charge in [-0.2, -0.15) is 5.26 Å². The number of likely N-dealkylation sites (tertiary alicyclic amines) is 1. The Bertz CT molecular complexity index is 584. The third-order valence-electron chi connectivity index (χ3n) is 4.60. The standard InChI is InChI=1S/C18H24ClN3O/c1-3-13(4-2)18(23)22-9-7-15(8-10-22)21-16-6-5-14(12-20)17(19)11-16/h5-6,11,13,15,21H,3-4,7-10H2,1-2H3. The van der Waals surface area contributed by atoms with Crippen molar-refractivity contribution in [2.75, 3.05) is 18.4 Å². The summed E-state index contributed by atoms with van der Waals surface area (Å²) >= 11 is 6.06. The molecule has 124 valence electrons. The minimum atomic E-state index is 0.164. The van der Waals surface area contributed by atoms with Crippen molar-refractivity contribution in [2.24, 2.45) is 5.92 Å². The molecule has 0 saturated carbocycles. The Balaban J connectivity index is 1.89. The number of rotatable bonds is 5. The number of benzene rings is 1. The van der Waals surface area contributed by atoms with E-state index < -0.39 is 0 Å². The van der Waals surface area contributed by atoms with E-state index in [1.54, 1.807) is 12.1 Å². The average Bonchev–Trinajstić information content (AvgIpc) is 2.57. The van der Waals surface area contributed by atoms with Crippen molar-refractivity contribution in [2.45, 2.75) is 45.6 Å². The summed E-state index contributed by atoms with van der Waals surface area (Å²) < 4.78 is 0. The molecule has 0 spiro atoms. The SMILES string of the molecule is CCC(CC)C(=O)N1CCC(Nc2ccc(C#N)c(Cl)c2)CC1. The Morgan fingerprint density at radius 1 is 1.39 bits per heavy atom. The van der Waals surface area contributed by atoms with Crippen LogP contribution in [-0.4, -0.2) is 29.9 Å². The van der Waals surface area contributed by atoms with E-state index in [1.165, 1.54) is 0 Å². The second-order valence-corrected chi connectivity index (χ2v) is 6.47. The molecule has 0 aliphatic carbocycles. The number of nitrogens with one attached hydrogen (secondary N) is 1. The topological polar surface area (TPSA) is 56.1 Å². The van der Waals surface area contributed by atoms with Gasteiger partial charge in [0.25, 0.3) is 0 Å². The second kappa shape index (κ2) is 8.21. The van der Waals surface area contributed by atoms with Crippen LogP contribution in [0, 0.1) is 17.2 Å². The predicted octanol–water partition coefficient (Wildman–Crippen LogP) is 4.05. The van der Waals surface area contributed by atoms with Crippen LogP contribution < -0.4 is 5.32 Å². The van der Waals surface area contributed by atoms with Crippen molar-refractivity contribution in [3.63, 3.8) is 0 Å². The number of halogens is 1. The fourth-order valence-corrected chi connectivity index (χ4v) is 3.29. The lowest BCUT2D eigenvalue weighted by Crippen LogP contribution is -2.44. The van der Waals surface area contributed by atoms with Gasteiger partial charge in [-0.15, -0.1) is 0 Å². The summed E-state index contributed by atoms with van der Waals surface area (Å²) in [4.78, 5) is 14.4. The van der Waals surface area contributed by atoms with Crippen molar-refractivity contribution >= 4 is 23.2 Å². The fraction of sp³-hybridized carbons (Fsp3) is 0.556. The molecular weight excluding hydrogens is 310 g/mol. The van der Waals surface area contributed by atoms with E-state index in [9.17, 15) is 4.79 Å². The van der Waals surface area contributed by atoms with Crippen LogP contribution in [0.15, 0.2) is 18.2 Å². The molecule has 1 fully saturated rings. The monoisotopic (exact) mass is 333 g/mol. The van der Waals surface area contributed by atoms with Crippen LogP contribution in [0.3, 0.4) is 0 Å². The van der Waals surface area contributed by atoms with Crippen LogP contribution in [0.4, 0.5) is 5.69 Å². The second-order valence-electron chi connectivity index (χ2n) is 6.06. The van der Waals surface area contributed by atoms with E-state index in [0.29, 0.717) is 22.5 Å². The van der Waals surface area contributed by atoms with Crippen LogP contribution in [0.2, 0.25) is 5.02 Å². The van der Waals surface area contributed by atoms with E-state index in [0.717, 1.165) is 44.5 Å². The molecule has 1 saturated heterocycles. The molecule has 0 radical (unpaired) electrons. The van der Waals surface area contributed by atoms with Gasteiger partial charge in [-0.1, -0.05) is 25.4 Å². The van der Waals surface area contributed by atoms with Crippen LogP contribution in [0.5, 0.6) is 0 Å². The third kappa shape index (κ3) is 4.39. The molecule has 0 aromatic heterocycles. The molecule has 0 unspecified atom stereocenters. The molecule has 1 aliphatic rings. The van der Waals surface area contributed by atoms with Crippen molar-refractivity contribution < 1.29 is 4.79 Å². The van der Waals surface area contributed by atoms with E-state index in [4.69, 9.17) is 16.9 Å². The Morgan fingerprint density at radius 2 is 2.04 bits per heavy atom. The first-order valence-corrected chi connectivity index (χ1v) is 8.71. The van der Waals surface area contributed by atoms with Crippen LogP contribution >= 0.6 is 11.6 Å². The Labute approximate surface area is 143 Å². The summed E-state index contributed by atoms with van der Waals surface area (Å²) in [6, 6.07) is 7.81. The molecule has 0 atom stereocenters. The van der Waals surface area contributed by atoms with Crippen molar-refractivity contribution in [3.05, 3.63) is 28.8 Å². The molecule has 2 rings (SSSR count). The molecule has 1 heterocycles. The molecule has 23 heavy (non-hydrogen) atoms. The van der Waals surface area contributed by atoms with Gasteiger partial charge in [0, 0.05) is 30.7 Å². The minimum absolute atomic E-state index is 0.164. The first-order valence-electron chi connectivity index (χ1n) is 8.34. The lowest BCUT2D eigenvalue weighted by molar-refractivity contribution is -0.136. The average molecular weight is 334 g/mol. The number of hydrogen-bond donors (Lipinski definition) is 1. The maximum atomic E-state index is 12.4. The highest BCUT2D eigenvalue weighted by Crippen LogP contribution is 2.23. The van der Waals surface area contributed by atoms with Crippen LogP contribution in [-0.2, 0) is 4.79 Å². The molecule has 1 amide bonds. The van der Waals surface area contributed by atoms with E-state index >= 15 is 0 Å². The summed E-state index contributed by atoms with van der Waals surface area (Å²) in [6.07, 6.45) is 3.70. The third-order valence-corrected chi connectivity index (χ3v) is 4.91. The van der Waals surface area contributed by atoms with E-state index in [2.05, 4.69) is 25.2 Å². The number of piperidine rings is 1. The highest BCUT2D eigenvalue weighted by molar-refractivity contribution is 6.32. The normalized spacial score (nSPS) is 15.5. The first kappa shape index (κ1) is 17.6. The Hall–Kier alpha value is -1.73. The smallest absolute Gasteiger partial charge is 0.225 e. The summed E-state index contributed by atoms with van der Waals surface area (Å²) in [5.41, 5.74) is 1.42. The number of carbonyl (C=O) groups excluding carboxylic acids is 1. The zero-order valence-corrected chi connectivity index (χ0v) is 14.6. The lowest BCUT2D eigenvalue weighted by atomic mass is 9.98. The van der Waals surface area contributed by atoms with Crippen LogP contribution in [0.25, 0.3) is 0 Å². The molecule has 1 N–H and O–H groups in total. The van der Waals surface area contributed by atoms with Gasteiger partial charge >= 0.3 is 0 Å². The molecular formula is C18H24ClN3O. The number of nitriles is 1. The Morgan fingerprint density at radius 3 is 2.57 bits per heavy atom. The summed E-state index contributed by atoms with van der Waals surface area (Å²) in [5, 5.41) is 12.8. The summed E-state index contributed by atoms with van der Waals surface area (Å²) in [5.74, 6) is 0.465. The van der Waals surface area contributed by atoms with Gasteiger partial charge in [-0.3, -0.25) is 4.79 Å².